The lowest BCUT2D eigenvalue weighted by Crippen LogP contribution is -2.50. The van der Waals surface area contributed by atoms with Crippen molar-refractivity contribution < 1.29 is 13.2 Å². The zero-order valence-electron chi connectivity index (χ0n) is 9.59. The Labute approximate surface area is 101 Å². The number of methoxy groups -OCH3 is 1. The first kappa shape index (κ1) is 12.3. The first-order valence-corrected chi connectivity index (χ1v) is 6.91. The zero-order chi connectivity index (χ0) is 12.5. The summed E-state index contributed by atoms with van der Waals surface area (Å²) >= 11 is 0. The summed E-state index contributed by atoms with van der Waals surface area (Å²) in [6.45, 7) is 0. The van der Waals surface area contributed by atoms with Gasteiger partial charge in [-0.05, 0) is 25.0 Å². The highest BCUT2D eigenvalue weighted by Gasteiger charge is 2.30. The molecule has 0 atom stereocenters. The van der Waals surface area contributed by atoms with Crippen molar-refractivity contribution in [1.29, 1.82) is 0 Å². The third kappa shape index (κ3) is 2.77. The van der Waals surface area contributed by atoms with E-state index in [0.29, 0.717) is 18.6 Å². The molecule has 0 aromatic heterocycles. The van der Waals surface area contributed by atoms with Crippen LogP contribution < -0.4 is 15.2 Å². The van der Waals surface area contributed by atoms with Crippen LogP contribution in [0.2, 0.25) is 0 Å². The lowest BCUT2D eigenvalue weighted by atomic mass is 9.89. The van der Waals surface area contributed by atoms with Gasteiger partial charge in [0.15, 0.2) is 0 Å². The van der Waals surface area contributed by atoms with Crippen LogP contribution in [0.4, 0.5) is 0 Å². The third-order valence-electron chi connectivity index (χ3n) is 2.85. The first-order valence-electron chi connectivity index (χ1n) is 5.43. The summed E-state index contributed by atoms with van der Waals surface area (Å²) in [5, 5.41) is 0. The molecule has 0 spiro atoms. The van der Waals surface area contributed by atoms with Crippen molar-refractivity contribution in [1.82, 2.24) is 4.72 Å². The van der Waals surface area contributed by atoms with Gasteiger partial charge in [-0.1, -0.05) is 6.07 Å². The molecule has 2 rings (SSSR count). The average molecular weight is 256 g/mol. The van der Waals surface area contributed by atoms with Crippen molar-refractivity contribution in [2.45, 2.75) is 29.8 Å². The molecular formula is C11H16N2O3S. The van der Waals surface area contributed by atoms with Crippen LogP contribution in [0.3, 0.4) is 0 Å². The summed E-state index contributed by atoms with van der Waals surface area (Å²) in [5.74, 6) is 0.526. The molecule has 0 unspecified atom stereocenters. The van der Waals surface area contributed by atoms with Crippen molar-refractivity contribution >= 4 is 10.0 Å². The van der Waals surface area contributed by atoms with Crippen molar-refractivity contribution in [2.75, 3.05) is 7.11 Å². The van der Waals surface area contributed by atoms with Gasteiger partial charge in [0, 0.05) is 18.2 Å². The van der Waals surface area contributed by atoms with E-state index in [0.717, 1.165) is 0 Å². The van der Waals surface area contributed by atoms with Crippen LogP contribution >= 0.6 is 0 Å². The van der Waals surface area contributed by atoms with Crippen LogP contribution in [-0.2, 0) is 10.0 Å². The number of hydrogen-bond donors (Lipinski definition) is 2. The van der Waals surface area contributed by atoms with Crippen LogP contribution in [0.1, 0.15) is 12.8 Å². The second-order valence-corrected chi connectivity index (χ2v) is 5.94. The van der Waals surface area contributed by atoms with Crippen LogP contribution in [0.25, 0.3) is 0 Å². The minimum absolute atomic E-state index is 0.0406. The van der Waals surface area contributed by atoms with Gasteiger partial charge >= 0.3 is 0 Å². The second kappa shape index (κ2) is 4.64. The molecular weight excluding hydrogens is 240 g/mol. The van der Waals surface area contributed by atoms with E-state index in [1.54, 1.807) is 18.2 Å². The molecule has 0 saturated heterocycles. The molecule has 6 heteroatoms. The van der Waals surface area contributed by atoms with Gasteiger partial charge in [0.1, 0.15) is 5.75 Å². The normalized spacial score (nSPS) is 24.1. The van der Waals surface area contributed by atoms with Crippen LogP contribution in [0.15, 0.2) is 29.2 Å². The number of rotatable bonds is 4. The number of sulfonamides is 1. The summed E-state index contributed by atoms with van der Waals surface area (Å²) in [6, 6.07) is 6.48. The van der Waals surface area contributed by atoms with Gasteiger partial charge in [0.2, 0.25) is 10.0 Å². The number of nitrogens with two attached hydrogens (primary N) is 1. The summed E-state index contributed by atoms with van der Waals surface area (Å²) in [6.07, 6.45) is 1.40. The summed E-state index contributed by atoms with van der Waals surface area (Å²) < 4.78 is 31.6. The average Bonchev–Trinajstić information content (AvgIpc) is 2.27. The molecule has 1 saturated carbocycles. The largest absolute Gasteiger partial charge is 0.497 e. The Hall–Kier alpha value is -1.11. The molecule has 17 heavy (non-hydrogen) atoms. The third-order valence-corrected chi connectivity index (χ3v) is 4.37. The maximum absolute atomic E-state index is 12.0. The standard InChI is InChI=1S/C11H16N2O3S/c1-16-10-3-2-4-11(7-10)17(14,15)13-9-5-8(12)6-9/h2-4,7-9,13H,5-6,12H2,1H3. The lowest BCUT2D eigenvalue weighted by Gasteiger charge is -2.32. The summed E-state index contributed by atoms with van der Waals surface area (Å²) in [5.41, 5.74) is 5.62. The van der Waals surface area contributed by atoms with Crippen LogP contribution in [0.5, 0.6) is 5.75 Å². The van der Waals surface area contributed by atoms with E-state index in [2.05, 4.69) is 4.72 Å². The smallest absolute Gasteiger partial charge is 0.240 e. The van der Waals surface area contributed by atoms with E-state index >= 15 is 0 Å². The fourth-order valence-electron chi connectivity index (χ4n) is 1.81. The van der Waals surface area contributed by atoms with E-state index in [9.17, 15) is 8.42 Å². The highest BCUT2D eigenvalue weighted by atomic mass is 32.2. The molecule has 0 bridgehead atoms. The molecule has 3 N–H and O–H groups in total. The number of benzene rings is 1. The molecule has 94 valence electrons. The molecule has 0 amide bonds. The molecule has 1 aliphatic carbocycles. The number of hydrogen-bond acceptors (Lipinski definition) is 4. The SMILES string of the molecule is COc1cccc(S(=O)(=O)NC2CC(N)C2)c1. The highest BCUT2D eigenvalue weighted by molar-refractivity contribution is 7.89. The van der Waals surface area contributed by atoms with Crippen LogP contribution in [0, 0.1) is 0 Å². The van der Waals surface area contributed by atoms with E-state index < -0.39 is 10.0 Å². The Morgan fingerprint density at radius 2 is 2.12 bits per heavy atom. The van der Waals surface area contributed by atoms with E-state index in [4.69, 9.17) is 10.5 Å². The molecule has 5 nitrogen and oxygen atoms in total. The van der Waals surface area contributed by atoms with Crippen molar-refractivity contribution in [3.63, 3.8) is 0 Å². The quantitative estimate of drug-likeness (QED) is 0.820. The Balaban J connectivity index is 2.13. The lowest BCUT2D eigenvalue weighted by molar-refractivity contribution is 0.327. The second-order valence-electron chi connectivity index (χ2n) is 4.23. The molecule has 1 aromatic rings. The maximum Gasteiger partial charge on any atom is 0.240 e. The van der Waals surface area contributed by atoms with E-state index in [1.165, 1.54) is 13.2 Å². The van der Waals surface area contributed by atoms with Gasteiger partial charge in [-0.25, -0.2) is 13.1 Å². The fraction of sp³-hybridized carbons (Fsp3) is 0.455. The summed E-state index contributed by atoms with van der Waals surface area (Å²) in [7, 11) is -1.96. The van der Waals surface area contributed by atoms with Crippen LogP contribution in [-0.4, -0.2) is 27.6 Å². The van der Waals surface area contributed by atoms with Gasteiger partial charge in [0.25, 0.3) is 0 Å². The molecule has 1 aliphatic rings. The van der Waals surface area contributed by atoms with Crippen molar-refractivity contribution in [3.05, 3.63) is 24.3 Å². The monoisotopic (exact) mass is 256 g/mol. The Kier molecular flexibility index (Phi) is 3.37. The molecule has 0 aliphatic heterocycles. The van der Waals surface area contributed by atoms with Crippen molar-refractivity contribution in [3.8, 4) is 5.75 Å². The molecule has 1 fully saturated rings. The zero-order valence-corrected chi connectivity index (χ0v) is 10.4. The minimum Gasteiger partial charge on any atom is -0.497 e. The Morgan fingerprint density at radius 3 is 2.71 bits per heavy atom. The summed E-state index contributed by atoms with van der Waals surface area (Å²) in [4.78, 5) is 0.220. The van der Waals surface area contributed by atoms with E-state index in [1.807, 2.05) is 0 Å². The Bertz CT molecular complexity index is 495. The number of ether oxygens (including phenoxy) is 1. The van der Waals surface area contributed by atoms with Crippen molar-refractivity contribution in [2.24, 2.45) is 5.73 Å². The number of nitrogens with one attached hydrogen (secondary N) is 1. The maximum atomic E-state index is 12.0. The van der Waals surface area contributed by atoms with Gasteiger partial charge in [-0.3, -0.25) is 0 Å². The minimum atomic E-state index is -3.46. The molecule has 1 aromatic carbocycles. The first-order chi connectivity index (χ1) is 8.01. The molecule has 0 radical (unpaired) electrons. The molecule has 0 heterocycles. The fourth-order valence-corrected chi connectivity index (χ4v) is 3.11. The van der Waals surface area contributed by atoms with Gasteiger partial charge in [-0.2, -0.15) is 0 Å². The predicted molar refractivity (Wildman–Crippen MR) is 64.3 cm³/mol. The van der Waals surface area contributed by atoms with Gasteiger partial charge < -0.3 is 10.5 Å². The van der Waals surface area contributed by atoms with E-state index in [-0.39, 0.29) is 17.0 Å². The van der Waals surface area contributed by atoms with Gasteiger partial charge in [-0.15, -0.1) is 0 Å². The highest BCUT2D eigenvalue weighted by Crippen LogP contribution is 2.22. The predicted octanol–water partition coefficient (Wildman–Crippen LogP) is 0.463. The topological polar surface area (TPSA) is 81.4 Å². The Morgan fingerprint density at radius 1 is 1.41 bits per heavy atom. The van der Waals surface area contributed by atoms with Gasteiger partial charge in [0.05, 0.1) is 12.0 Å².